The molecule has 2 rings (SSSR count). The van der Waals surface area contributed by atoms with Crippen molar-refractivity contribution in [1.82, 2.24) is 14.9 Å². The van der Waals surface area contributed by atoms with Crippen LogP contribution in [0.25, 0.3) is 11.0 Å². The Hall–Kier alpha value is -1.59. The normalized spacial score (nSPS) is 11.5. The van der Waals surface area contributed by atoms with Crippen LogP contribution in [0.4, 0.5) is 0 Å². The van der Waals surface area contributed by atoms with Gasteiger partial charge in [0, 0.05) is 25.6 Å². The molecular formula is C16H25N3O2. The fourth-order valence-corrected chi connectivity index (χ4v) is 2.42. The zero-order valence-corrected chi connectivity index (χ0v) is 13.1. The third kappa shape index (κ3) is 3.95. The van der Waals surface area contributed by atoms with Gasteiger partial charge in [-0.3, -0.25) is 0 Å². The van der Waals surface area contributed by atoms with Crippen LogP contribution in [0.2, 0.25) is 0 Å². The van der Waals surface area contributed by atoms with E-state index in [0.29, 0.717) is 12.5 Å². The number of nitrogens with zero attached hydrogens (tertiary/aromatic N) is 2. The van der Waals surface area contributed by atoms with Crippen molar-refractivity contribution < 1.29 is 9.84 Å². The second-order valence-electron chi connectivity index (χ2n) is 5.61. The molecule has 0 radical (unpaired) electrons. The van der Waals surface area contributed by atoms with Crippen molar-refractivity contribution in [2.24, 2.45) is 5.92 Å². The van der Waals surface area contributed by atoms with Crippen LogP contribution in [0.3, 0.4) is 0 Å². The van der Waals surface area contributed by atoms with Crippen LogP contribution in [0.5, 0.6) is 5.75 Å². The first kappa shape index (κ1) is 15.8. The maximum absolute atomic E-state index is 9.28. The number of ether oxygens (including phenoxy) is 1. The highest BCUT2D eigenvalue weighted by Crippen LogP contribution is 2.22. The number of rotatable bonds is 8. The predicted molar refractivity (Wildman–Crippen MR) is 84.8 cm³/mol. The van der Waals surface area contributed by atoms with Gasteiger partial charge in [0.2, 0.25) is 0 Å². The Kier molecular flexibility index (Phi) is 5.59. The molecular weight excluding hydrogens is 266 g/mol. The van der Waals surface area contributed by atoms with E-state index in [9.17, 15) is 5.11 Å². The van der Waals surface area contributed by atoms with Gasteiger partial charge in [0.05, 0.1) is 24.8 Å². The summed E-state index contributed by atoms with van der Waals surface area (Å²) in [4.78, 5) is 4.69. The smallest absolute Gasteiger partial charge is 0.121 e. The largest absolute Gasteiger partial charge is 0.497 e. The number of nitrogens with one attached hydrogen (secondary N) is 1. The van der Waals surface area contributed by atoms with Crippen molar-refractivity contribution in [1.29, 1.82) is 0 Å². The predicted octanol–water partition coefficient (Wildman–Crippen LogP) is 1.83. The molecule has 0 fully saturated rings. The molecule has 0 unspecified atom stereocenters. The first-order chi connectivity index (χ1) is 10.2. The Labute approximate surface area is 125 Å². The SMILES string of the molecule is COc1ccc2c(c1)nc(CCNCC(C)C)n2CCO. The molecule has 5 nitrogen and oxygen atoms in total. The Morgan fingerprint density at radius 2 is 2.19 bits per heavy atom. The number of hydrogen-bond acceptors (Lipinski definition) is 4. The highest BCUT2D eigenvalue weighted by atomic mass is 16.5. The molecule has 1 heterocycles. The molecule has 116 valence electrons. The number of imidazole rings is 1. The molecule has 0 saturated carbocycles. The second kappa shape index (κ2) is 7.43. The minimum atomic E-state index is 0.115. The van der Waals surface area contributed by atoms with E-state index < -0.39 is 0 Å². The lowest BCUT2D eigenvalue weighted by atomic mass is 10.2. The summed E-state index contributed by atoms with van der Waals surface area (Å²) in [5, 5.41) is 12.7. The van der Waals surface area contributed by atoms with Crippen molar-refractivity contribution in [3.63, 3.8) is 0 Å². The van der Waals surface area contributed by atoms with Gasteiger partial charge in [0.15, 0.2) is 0 Å². The molecule has 0 amide bonds. The zero-order chi connectivity index (χ0) is 15.2. The minimum absolute atomic E-state index is 0.115. The lowest BCUT2D eigenvalue weighted by Gasteiger charge is -2.09. The Morgan fingerprint density at radius 1 is 1.38 bits per heavy atom. The van der Waals surface area contributed by atoms with Crippen molar-refractivity contribution in [3.05, 3.63) is 24.0 Å². The van der Waals surface area contributed by atoms with Crippen LogP contribution in [0, 0.1) is 5.92 Å². The molecule has 2 aromatic rings. The van der Waals surface area contributed by atoms with Gasteiger partial charge in [0.25, 0.3) is 0 Å². The molecule has 0 bridgehead atoms. The molecule has 0 spiro atoms. The molecule has 1 aromatic carbocycles. The van der Waals surface area contributed by atoms with Crippen LogP contribution in [-0.4, -0.2) is 41.5 Å². The lowest BCUT2D eigenvalue weighted by molar-refractivity contribution is 0.276. The summed E-state index contributed by atoms with van der Waals surface area (Å²) in [6.45, 7) is 6.98. The van der Waals surface area contributed by atoms with E-state index in [1.54, 1.807) is 7.11 Å². The van der Waals surface area contributed by atoms with E-state index in [1.807, 2.05) is 18.2 Å². The van der Waals surface area contributed by atoms with E-state index in [4.69, 9.17) is 4.74 Å². The third-order valence-electron chi connectivity index (χ3n) is 3.44. The standard InChI is InChI=1S/C16H25N3O2/c1-12(2)11-17-7-6-16-18-14-10-13(21-3)4-5-15(14)19(16)8-9-20/h4-5,10,12,17,20H,6-9,11H2,1-3H3. The van der Waals surface area contributed by atoms with Gasteiger partial charge in [-0.05, 0) is 24.6 Å². The van der Waals surface area contributed by atoms with Crippen molar-refractivity contribution in [3.8, 4) is 5.75 Å². The summed E-state index contributed by atoms with van der Waals surface area (Å²) in [6, 6.07) is 5.87. The monoisotopic (exact) mass is 291 g/mol. The molecule has 2 N–H and O–H groups in total. The summed E-state index contributed by atoms with van der Waals surface area (Å²) < 4.78 is 7.33. The van der Waals surface area contributed by atoms with E-state index in [2.05, 4.69) is 28.7 Å². The summed E-state index contributed by atoms with van der Waals surface area (Å²) in [5.74, 6) is 2.45. The Balaban J connectivity index is 2.18. The molecule has 5 heteroatoms. The summed E-state index contributed by atoms with van der Waals surface area (Å²) >= 11 is 0. The van der Waals surface area contributed by atoms with Crippen molar-refractivity contribution in [2.75, 3.05) is 26.8 Å². The average Bonchev–Trinajstić information content (AvgIpc) is 2.81. The number of fused-ring (bicyclic) bond motifs is 1. The summed E-state index contributed by atoms with van der Waals surface area (Å²) in [7, 11) is 1.66. The Morgan fingerprint density at radius 3 is 2.86 bits per heavy atom. The van der Waals surface area contributed by atoms with Gasteiger partial charge in [0.1, 0.15) is 11.6 Å². The number of hydrogen-bond donors (Lipinski definition) is 2. The molecule has 1 aromatic heterocycles. The molecule has 0 aliphatic rings. The number of benzene rings is 1. The molecule has 0 atom stereocenters. The van der Waals surface area contributed by atoms with Crippen LogP contribution in [-0.2, 0) is 13.0 Å². The van der Waals surface area contributed by atoms with Gasteiger partial charge in [-0.15, -0.1) is 0 Å². The minimum Gasteiger partial charge on any atom is -0.497 e. The van der Waals surface area contributed by atoms with Crippen LogP contribution < -0.4 is 10.1 Å². The first-order valence-corrected chi connectivity index (χ1v) is 7.50. The van der Waals surface area contributed by atoms with Crippen LogP contribution in [0.15, 0.2) is 18.2 Å². The maximum atomic E-state index is 9.28. The van der Waals surface area contributed by atoms with Gasteiger partial charge in [-0.2, -0.15) is 0 Å². The van der Waals surface area contributed by atoms with E-state index >= 15 is 0 Å². The van der Waals surface area contributed by atoms with Crippen LogP contribution >= 0.6 is 0 Å². The number of aromatic nitrogens is 2. The highest BCUT2D eigenvalue weighted by Gasteiger charge is 2.11. The van der Waals surface area contributed by atoms with E-state index in [1.165, 1.54) is 0 Å². The summed E-state index contributed by atoms with van der Waals surface area (Å²) in [6.07, 6.45) is 0.851. The quantitative estimate of drug-likeness (QED) is 0.729. The van der Waals surface area contributed by atoms with Crippen molar-refractivity contribution >= 4 is 11.0 Å². The average molecular weight is 291 g/mol. The van der Waals surface area contributed by atoms with Crippen molar-refractivity contribution in [2.45, 2.75) is 26.8 Å². The van der Waals surface area contributed by atoms with E-state index in [0.717, 1.165) is 42.1 Å². The number of methoxy groups -OCH3 is 1. The van der Waals surface area contributed by atoms with E-state index in [-0.39, 0.29) is 6.61 Å². The summed E-state index contributed by atoms with van der Waals surface area (Å²) in [5.41, 5.74) is 1.96. The van der Waals surface area contributed by atoms with Gasteiger partial charge in [-0.25, -0.2) is 4.98 Å². The zero-order valence-electron chi connectivity index (χ0n) is 13.1. The molecule has 0 aliphatic carbocycles. The second-order valence-corrected chi connectivity index (χ2v) is 5.61. The molecule has 21 heavy (non-hydrogen) atoms. The fraction of sp³-hybridized carbons (Fsp3) is 0.562. The number of aliphatic hydroxyl groups excluding tert-OH is 1. The third-order valence-corrected chi connectivity index (χ3v) is 3.44. The number of aliphatic hydroxyl groups is 1. The molecule has 0 saturated heterocycles. The maximum Gasteiger partial charge on any atom is 0.121 e. The van der Waals surface area contributed by atoms with Gasteiger partial charge in [-0.1, -0.05) is 13.8 Å². The fourth-order valence-electron chi connectivity index (χ4n) is 2.42. The topological polar surface area (TPSA) is 59.3 Å². The Bertz CT molecular complexity index is 578. The lowest BCUT2D eigenvalue weighted by Crippen LogP contribution is -2.23. The molecule has 0 aliphatic heterocycles. The highest BCUT2D eigenvalue weighted by molar-refractivity contribution is 5.77. The van der Waals surface area contributed by atoms with Gasteiger partial charge < -0.3 is 19.7 Å². The van der Waals surface area contributed by atoms with Crippen LogP contribution in [0.1, 0.15) is 19.7 Å². The first-order valence-electron chi connectivity index (χ1n) is 7.50. The van der Waals surface area contributed by atoms with Gasteiger partial charge >= 0.3 is 0 Å².